The highest BCUT2D eigenvalue weighted by Gasteiger charge is 2.30. The van der Waals surface area contributed by atoms with Crippen LogP contribution in [0.4, 0.5) is 18.9 Å². The van der Waals surface area contributed by atoms with Gasteiger partial charge in [0.15, 0.2) is 6.10 Å². The van der Waals surface area contributed by atoms with Crippen LogP contribution in [0.5, 0.6) is 5.75 Å². The summed E-state index contributed by atoms with van der Waals surface area (Å²) in [4.78, 5) is 12.1. The number of benzene rings is 2. The molecule has 0 heterocycles. The maximum atomic E-state index is 12.5. The minimum absolute atomic E-state index is 0.284. The van der Waals surface area contributed by atoms with Crippen LogP contribution in [0.15, 0.2) is 48.5 Å². The molecule has 2 rings (SSSR count). The number of ether oxygens (including phenoxy) is 1. The fraction of sp³-hybridized carbons (Fsp3) is 0.278. The molecule has 128 valence electrons. The van der Waals surface area contributed by atoms with E-state index in [9.17, 15) is 18.0 Å². The zero-order chi connectivity index (χ0) is 17.7. The van der Waals surface area contributed by atoms with E-state index in [0.717, 1.165) is 24.1 Å². The molecule has 24 heavy (non-hydrogen) atoms. The third kappa shape index (κ3) is 4.50. The fourth-order valence-corrected chi connectivity index (χ4v) is 2.14. The highest BCUT2D eigenvalue weighted by Crippen LogP contribution is 2.29. The van der Waals surface area contributed by atoms with E-state index in [2.05, 4.69) is 5.32 Å². The largest absolute Gasteiger partial charge is 0.481 e. The van der Waals surface area contributed by atoms with Crippen LogP contribution in [0, 0.1) is 0 Å². The summed E-state index contributed by atoms with van der Waals surface area (Å²) in [7, 11) is 0. The van der Waals surface area contributed by atoms with Crippen molar-refractivity contribution in [1.29, 1.82) is 0 Å². The molecular weight excluding hydrogens is 319 g/mol. The molecule has 0 aromatic heterocycles. The quantitative estimate of drug-likeness (QED) is 0.861. The lowest BCUT2D eigenvalue weighted by molar-refractivity contribution is -0.137. The molecule has 3 nitrogen and oxygen atoms in total. The molecule has 6 heteroatoms. The van der Waals surface area contributed by atoms with E-state index in [-0.39, 0.29) is 5.69 Å². The number of hydrogen-bond acceptors (Lipinski definition) is 2. The molecule has 0 fully saturated rings. The molecular formula is C18H18F3NO2. The van der Waals surface area contributed by atoms with E-state index >= 15 is 0 Å². The maximum absolute atomic E-state index is 12.5. The van der Waals surface area contributed by atoms with E-state index in [0.29, 0.717) is 5.75 Å². The van der Waals surface area contributed by atoms with Crippen molar-refractivity contribution in [3.8, 4) is 5.75 Å². The van der Waals surface area contributed by atoms with Crippen LogP contribution in [-0.4, -0.2) is 12.0 Å². The predicted molar refractivity (Wildman–Crippen MR) is 86.0 cm³/mol. The average molecular weight is 337 g/mol. The summed E-state index contributed by atoms with van der Waals surface area (Å²) in [6.07, 6.45) is -4.41. The summed E-state index contributed by atoms with van der Waals surface area (Å²) in [6.45, 7) is 3.57. The van der Waals surface area contributed by atoms with E-state index < -0.39 is 23.8 Å². The summed E-state index contributed by atoms with van der Waals surface area (Å²) < 4.78 is 43.2. The van der Waals surface area contributed by atoms with Gasteiger partial charge < -0.3 is 10.1 Å². The van der Waals surface area contributed by atoms with Gasteiger partial charge in [0.05, 0.1) is 5.56 Å². The summed E-state index contributed by atoms with van der Waals surface area (Å²) in [5.74, 6) is 0.190. The Balaban J connectivity index is 2.01. The van der Waals surface area contributed by atoms with E-state index in [1.807, 2.05) is 25.1 Å². The number of para-hydroxylation sites is 1. The Labute approximate surface area is 138 Å². The number of anilines is 1. The molecule has 0 radical (unpaired) electrons. The molecule has 1 amide bonds. The topological polar surface area (TPSA) is 38.3 Å². The minimum atomic E-state index is -4.40. The van der Waals surface area contributed by atoms with Gasteiger partial charge in [0.2, 0.25) is 0 Å². The highest BCUT2D eigenvalue weighted by molar-refractivity contribution is 5.94. The smallest absolute Gasteiger partial charge is 0.416 e. The number of nitrogens with one attached hydrogen (secondary N) is 1. The first-order valence-corrected chi connectivity index (χ1v) is 7.54. The van der Waals surface area contributed by atoms with Gasteiger partial charge in [-0.15, -0.1) is 0 Å². The van der Waals surface area contributed by atoms with Crippen molar-refractivity contribution in [2.24, 2.45) is 0 Å². The lowest BCUT2D eigenvalue weighted by Crippen LogP contribution is -2.30. The van der Waals surface area contributed by atoms with Crippen LogP contribution in [0.1, 0.15) is 25.0 Å². The molecule has 2 aromatic carbocycles. The Morgan fingerprint density at radius 3 is 2.33 bits per heavy atom. The summed E-state index contributed by atoms with van der Waals surface area (Å²) in [5.41, 5.74) is 0.501. The lowest BCUT2D eigenvalue weighted by atomic mass is 10.1. The van der Waals surface area contributed by atoms with Gasteiger partial charge >= 0.3 is 6.18 Å². The Hall–Kier alpha value is -2.50. The Morgan fingerprint density at radius 2 is 1.75 bits per heavy atom. The van der Waals surface area contributed by atoms with Crippen molar-refractivity contribution >= 4 is 11.6 Å². The zero-order valence-corrected chi connectivity index (χ0v) is 13.4. The van der Waals surface area contributed by atoms with Gasteiger partial charge in [-0.25, -0.2) is 0 Å². The van der Waals surface area contributed by atoms with Crippen molar-refractivity contribution in [3.05, 3.63) is 59.7 Å². The first-order valence-electron chi connectivity index (χ1n) is 7.54. The Morgan fingerprint density at radius 1 is 1.12 bits per heavy atom. The van der Waals surface area contributed by atoms with Gasteiger partial charge in [-0.1, -0.05) is 25.1 Å². The van der Waals surface area contributed by atoms with Crippen LogP contribution in [0.2, 0.25) is 0 Å². The van der Waals surface area contributed by atoms with Crippen LogP contribution in [-0.2, 0) is 17.4 Å². The molecule has 0 unspecified atom stereocenters. The van der Waals surface area contributed by atoms with E-state index in [1.165, 1.54) is 12.1 Å². The maximum Gasteiger partial charge on any atom is 0.416 e. The second-order valence-corrected chi connectivity index (χ2v) is 5.29. The summed E-state index contributed by atoms with van der Waals surface area (Å²) in [5, 5.41) is 2.55. The van der Waals surface area contributed by atoms with Crippen LogP contribution < -0.4 is 10.1 Å². The predicted octanol–water partition coefficient (Wildman–Crippen LogP) is 4.67. The molecule has 0 saturated carbocycles. The van der Waals surface area contributed by atoms with E-state index in [4.69, 9.17) is 4.74 Å². The molecule has 1 atom stereocenters. The zero-order valence-electron chi connectivity index (χ0n) is 13.4. The number of carbonyl (C=O) groups is 1. The number of carbonyl (C=O) groups excluding carboxylic acids is 1. The van der Waals surface area contributed by atoms with Crippen LogP contribution in [0.3, 0.4) is 0 Å². The van der Waals surface area contributed by atoms with Gasteiger partial charge in [-0.2, -0.15) is 13.2 Å². The SMILES string of the molecule is CCc1ccccc1O[C@@H](C)C(=O)Nc1ccc(C(F)(F)F)cc1. The van der Waals surface area contributed by atoms with Crippen molar-refractivity contribution in [1.82, 2.24) is 0 Å². The first-order chi connectivity index (χ1) is 11.3. The van der Waals surface area contributed by atoms with Crippen LogP contribution >= 0.6 is 0 Å². The molecule has 2 aromatic rings. The van der Waals surface area contributed by atoms with Crippen molar-refractivity contribution in [2.75, 3.05) is 5.32 Å². The number of rotatable bonds is 5. The summed E-state index contributed by atoms with van der Waals surface area (Å²) >= 11 is 0. The number of alkyl halides is 3. The number of halogens is 3. The number of hydrogen-bond donors (Lipinski definition) is 1. The van der Waals surface area contributed by atoms with Gasteiger partial charge in [0.25, 0.3) is 5.91 Å². The third-order valence-electron chi connectivity index (χ3n) is 3.51. The number of amides is 1. The molecule has 1 N–H and O–H groups in total. The third-order valence-corrected chi connectivity index (χ3v) is 3.51. The standard InChI is InChI=1S/C18H18F3NO2/c1-3-13-6-4-5-7-16(13)24-12(2)17(23)22-15-10-8-14(9-11-15)18(19,20)21/h4-12H,3H2,1-2H3,(H,22,23)/t12-/m0/s1. The van der Waals surface area contributed by atoms with Crippen LogP contribution in [0.25, 0.3) is 0 Å². The highest BCUT2D eigenvalue weighted by atomic mass is 19.4. The Bertz CT molecular complexity index is 696. The minimum Gasteiger partial charge on any atom is -0.481 e. The molecule has 0 saturated heterocycles. The normalized spacial score (nSPS) is 12.5. The molecule has 0 aliphatic rings. The first kappa shape index (κ1) is 17.8. The Kier molecular flexibility index (Phi) is 5.49. The summed E-state index contributed by atoms with van der Waals surface area (Å²) in [6, 6.07) is 11.7. The second-order valence-electron chi connectivity index (χ2n) is 5.29. The molecule has 0 bridgehead atoms. The van der Waals surface area contributed by atoms with Gasteiger partial charge in [0.1, 0.15) is 5.75 Å². The van der Waals surface area contributed by atoms with Gasteiger partial charge in [-0.05, 0) is 49.2 Å². The van der Waals surface area contributed by atoms with E-state index in [1.54, 1.807) is 13.0 Å². The monoisotopic (exact) mass is 337 g/mol. The second kappa shape index (κ2) is 7.38. The van der Waals surface area contributed by atoms with Crippen molar-refractivity contribution in [3.63, 3.8) is 0 Å². The molecule has 0 aliphatic carbocycles. The number of aryl methyl sites for hydroxylation is 1. The lowest BCUT2D eigenvalue weighted by Gasteiger charge is -2.17. The van der Waals surface area contributed by atoms with Crippen molar-refractivity contribution < 1.29 is 22.7 Å². The van der Waals surface area contributed by atoms with Crippen molar-refractivity contribution in [2.45, 2.75) is 32.5 Å². The molecule has 0 aliphatic heterocycles. The molecule has 0 spiro atoms. The average Bonchev–Trinajstić information content (AvgIpc) is 2.55. The fourth-order valence-electron chi connectivity index (χ4n) is 2.14. The van der Waals surface area contributed by atoms with Gasteiger partial charge in [-0.3, -0.25) is 4.79 Å². The van der Waals surface area contributed by atoms with Gasteiger partial charge in [0, 0.05) is 5.69 Å².